The lowest BCUT2D eigenvalue weighted by molar-refractivity contribution is 0.472. The van der Waals surface area contributed by atoms with Gasteiger partial charge in [0.15, 0.2) is 11.2 Å². The lowest BCUT2D eigenvalue weighted by Gasteiger charge is -2.14. The highest BCUT2D eigenvalue weighted by molar-refractivity contribution is 5.69. The molecular weight excluding hydrogens is 346 g/mol. The van der Waals surface area contributed by atoms with Crippen LogP contribution in [0.25, 0.3) is 11.2 Å². The molecule has 1 atom stereocenters. The van der Waals surface area contributed by atoms with Crippen molar-refractivity contribution in [3.63, 3.8) is 0 Å². The molecule has 0 amide bonds. The van der Waals surface area contributed by atoms with Crippen LogP contribution in [0.2, 0.25) is 0 Å². The number of rotatable bonds is 7. The molecule has 0 aliphatic heterocycles. The summed E-state index contributed by atoms with van der Waals surface area (Å²) in [6, 6.07) is 7.51. The molecule has 0 bridgehead atoms. The minimum Gasteiger partial charge on any atom is -0.508 e. The Labute approximate surface area is 156 Å². The molecule has 0 spiro atoms. The summed E-state index contributed by atoms with van der Waals surface area (Å²) < 4.78 is 4.31. The lowest BCUT2D eigenvalue weighted by Crippen LogP contribution is -2.37. The fourth-order valence-corrected chi connectivity index (χ4v) is 3.18. The highest BCUT2D eigenvalue weighted by Crippen LogP contribution is 2.11. The number of fused-ring (bicyclic) bond motifs is 1. The van der Waals surface area contributed by atoms with Crippen LogP contribution in [0.1, 0.15) is 18.9 Å². The maximum Gasteiger partial charge on any atom is 0.332 e. The van der Waals surface area contributed by atoms with Crippen LogP contribution in [-0.2, 0) is 27.1 Å². The van der Waals surface area contributed by atoms with Crippen LogP contribution in [0.3, 0.4) is 0 Å². The van der Waals surface area contributed by atoms with E-state index >= 15 is 0 Å². The Hall–Kier alpha value is -2.87. The maximum atomic E-state index is 12.4. The van der Waals surface area contributed by atoms with Crippen LogP contribution < -0.4 is 16.6 Å². The van der Waals surface area contributed by atoms with Crippen LogP contribution in [0.15, 0.2) is 40.2 Å². The molecule has 2 aromatic heterocycles. The van der Waals surface area contributed by atoms with E-state index < -0.39 is 0 Å². The van der Waals surface area contributed by atoms with Gasteiger partial charge in [0.2, 0.25) is 0 Å². The SMILES string of the molecule is CC(CCn1cnc2c1c(=O)n(C)c(=O)n2C)NCCc1cccc(O)c1. The van der Waals surface area contributed by atoms with Crippen LogP contribution in [0, 0.1) is 0 Å². The van der Waals surface area contributed by atoms with Gasteiger partial charge in [-0.25, -0.2) is 9.78 Å². The molecule has 1 aromatic carbocycles. The third kappa shape index (κ3) is 3.95. The van der Waals surface area contributed by atoms with E-state index in [1.165, 1.54) is 11.6 Å². The third-order valence-corrected chi connectivity index (χ3v) is 4.84. The van der Waals surface area contributed by atoms with Gasteiger partial charge < -0.3 is 15.0 Å². The molecule has 0 saturated carbocycles. The van der Waals surface area contributed by atoms with E-state index in [9.17, 15) is 14.7 Å². The van der Waals surface area contributed by atoms with E-state index in [2.05, 4.69) is 17.2 Å². The Morgan fingerprint density at radius 2 is 2.00 bits per heavy atom. The molecule has 0 radical (unpaired) electrons. The highest BCUT2D eigenvalue weighted by atomic mass is 16.3. The number of hydrogen-bond donors (Lipinski definition) is 2. The Morgan fingerprint density at radius 3 is 2.74 bits per heavy atom. The predicted molar refractivity (Wildman–Crippen MR) is 104 cm³/mol. The Morgan fingerprint density at radius 1 is 1.22 bits per heavy atom. The van der Waals surface area contributed by atoms with E-state index in [1.807, 2.05) is 16.7 Å². The molecule has 2 heterocycles. The summed E-state index contributed by atoms with van der Waals surface area (Å²) >= 11 is 0. The summed E-state index contributed by atoms with van der Waals surface area (Å²) in [5.74, 6) is 0.281. The van der Waals surface area contributed by atoms with Crippen molar-refractivity contribution in [1.29, 1.82) is 0 Å². The number of nitrogens with zero attached hydrogens (tertiary/aromatic N) is 4. The van der Waals surface area contributed by atoms with Crippen LogP contribution in [-0.4, -0.2) is 36.4 Å². The van der Waals surface area contributed by atoms with E-state index in [-0.39, 0.29) is 23.0 Å². The van der Waals surface area contributed by atoms with Gasteiger partial charge in [0.1, 0.15) is 5.75 Å². The average Bonchev–Trinajstić information content (AvgIpc) is 3.07. The van der Waals surface area contributed by atoms with Gasteiger partial charge in [-0.05, 0) is 44.0 Å². The maximum absolute atomic E-state index is 12.4. The molecular formula is C19H25N5O3. The van der Waals surface area contributed by atoms with Crippen molar-refractivity contribution in [3.8, 4) is 5.75 Å². The quantitative estimate of drug-likeness (QED) is 0.639. The van der Waals surface area contributed by atoms with Gasteiger partial charge >= 0.3 is 5.69 Å². The van der Waals surface area contributed by atoms with Crippen molar-refractivity contribution in [2.75, 3.05) is 6.54 Å². The molecule has 8 heteroatoms. The van der Waals surface area contributed by atoms with Crippen molar-refractivity contribution in [2.45, 2.75) is 32.4 Å². The topological polar surface area (TPSA) is 94.1 Å². The van der Waals surface area contributed by atoms with Crippen LogP contribution >= 0.6 is 0 Å². The first kappa shape index (κ1) is 18.9. The van der Waals surface area contributed by atoms with E-state index in [1.54, 1.807) is 25.5 Å². The van der Waals surface area contributed by atoms with Crippen molar-refractivity contribution < 1.29 is 5.11 Å². The minimum atomic E-state index is -0.375. The number of imidazole rings is 1. The zero-order valence-corrected chi connectivity index (χ0v) is 15.8. The van der Waals surface area contributed by atoms with Crippen molar-refractivity contribution in [1.82, 2.24) is 24.0 Å². The summed E-state index contributed by atoms with van der Waals surface area (Å²) in [5.41, 5.74) is 1.24. The van der Waals surface area contributed by atoms with Gasteiger partial charge in [0, 0.05) is 26.7 Å². The number of hydrogen-bond acceptors (Lipinski definition) is 5. The van der Waals surface area contributed by atoms with E-state index in [4.69, 9.17) is 0 Å². The first-order valence-electron chi connectivity index (χ1n) is 9.00. The number of aromatic hydroxyl groups is 1. The number of phenols is 1. The third-order valence-electron chi connectivity index (χ3n) is 4.84. The van der Waals surface area contributed by atoms with Crippen LogP contribution in [0.4, 0.5) is 0 Å². The number of aryl methyl sites for hydroxylation is 2. The van der Waals surface area contributed by atoms with Crippen molar-refractivity contribution in [3.05, 3.63) is 57.0 Å². The molecule has 2 N–H and O–H groups in total. The Bertz CT molecular complexity index is 1060. The van der Waals surface area contributed by atoms with Crippen molar-refractivity contribution >= 4 is 11.2 Å². The monoisotopic (exact) mass is 371 g/mol. The summed E-state index contributed by atoms with van der Waals surface area (Å²) in [7, 11) is 3.10. The molecule has 3 rings (SSSR count). The zero-order valence-electron chi connectivity index (χ0n) is 15.8. The number of benzene rings is 1. The van der Waals surface area contributed by atoms with E-state index in [0.29, 0.717) is 17.7 Å². The second kappa shape index (κ2) is 7.79. The highest BCUT2D eigenvalue weighted by Gasteiger charge is 2.14. The lowest BCUT2D eigenvalue weighted by atomic mass is 10.1. The molecule has 3 aromatic rings. The molecule has 0 aliphatic rings. The second-order valence-electron chi connectivity index (χ2n) is 6.88. The zero-order chi connectivity index (χ0) is 19.6. The number of aromatic nitrogens is 4. The fourth-order valence-electron chi connectivity index (χ4n) is 3.18. The molecule has 1 unspecified atom stereocenters. The fraction of sp³-hybridized carbons (Fsp3) is 0.421. The predicted octanol–water partition coefficient (Wildman–Crippen LogP) is 0.750. The van der Waals surface area contributed by atoms with Gasteiger partial charge in [-0.3, -0.25) is 13.9 Å². The van der Waals surface area contributed by atoms with Crippen molar-refractivity contribution in [2.24, 2.45) is 14.1 Å². The largest absolute Gasteiger partial charge is 0.508 e. The van der Waals surface area contributed by atoms with Crippen LogP contribution in [0.5, 0.6) is 5.75 Å². The molecule has 0 fully saturated rings. The summed E-state index contributed by atoms with van der Waals surface area (Å²) in [6.07, 6.45) is 3.26. The normalized spacial score (nSPS) is 12.6. The number of phenolic OH excluding ortho intramolecular Hbond substituents is 1. The Kier molecular flexibility index (Phi) is 5.46. The molecule has 144 valence electrons. The second-order valence-corrected chi connectivity index (χ2v) is 6.88. The van der Waals surface area contributed by atoms with E-state index in [0.717, 1.165) is 29.5 Å². The Balaban J connectivity index is 1.61. The smallest absolute Gasteiger partial charge is 0.332 e. The first-order chi connectivity index (χ1) is 12.9. The van der Waals surface area contributed by atoms with Gasteiger partial charge in [0.05, 0.1) is 6.33 Å². The minimum absolute atomic E-state index is 0.246. The van der Waals surface area contributed by atoms with Gasteiger partial charge in [-0.1, -0.05) is 12.1 Å². The molecule has 27 heavy (non-hydrogen) atoms. The summed E-state index contributed by atoms with van der Waals surface area (Å²) in [5, 5.41) is 13.0. The average molecular weight is 371 g/mol. The van der Waals surface area contributed by atoms with Gasteiger partial charge in [-0.15, -0.1) is 0 Å². The number of nitrogens with one attached hydrogen (secondary N) is 1. The molecule has 0 saturated heterocycles. The summed E-state index contributed by atoms with van der Waals surface area (Å²) in [4.78, 5) is 28.7. The summed E-state index contributed by atoms with van der Waals surface area (Å²) in [6.45, 7) is 3.52. The standard InChI is InChI=1S/C19H25N5O3/c1-13(20-9-7-14-5-4-6-15(25)11-14)8-10-24-12-21-17-16(24)18(26)23(3)19(27)22(17)2/h4-6,11-13,20,25H,7-10H2,1-3H3. The molecule has 0 aliphatic carbocycles. The molecule has 8 nitrogen and oxygen atoms in total. The van der Waals surface area contributed by atoms with Gasteiger partial charge in [0.25, 0.3) is 5.56 Å². The van der Waals surface area contributed by atoms with Gasteiger partial charge in [-0.2, -0.15) is 0 Å². The first-order valence-corrected chi connectivity index (χ1v) is 9.00.